The molecule has 0 aromatic heterocycles. The molecular formula is C15H22NO+. The van der Waals surface area contributed by atoms with Crippen molar-refractivity contribution < 1.29 is 9.69 Å². The number of carbonyl (C=O) groups excluding carboxylic acids is 1. The van der Waals surface area contributed by atoms with Crippen molar-refractivity contribution in [3.63, 3.8) is 0 Å². The lowest BCUT2D eigenvalue weighted by molar-refractivity contribution is -0.926. The van der Waals surface area contributed by atoms with E-state index in [1.165, 1.54) is 0 Å². The molecule has 0 unspecified atom stereocenters. The van der Waals surface area contributed by atoms with Crippen LogP contribution in [-0.2, 0) is 0 Å². The van der Waals surface area contributed by atoms with Gasteiger partial charge in [0.1, 0.15) is 0 Å². The third kappa shape index (κ3) is 2.95. The van der Waals surface area contributed by atoms with Crippen LogP contribution in [0.2, 0.25) is 0 Å². The van der Waals surface area contributed by atoms with Gasteiger partial charge in [-0.2, -0.15) is 0 Å². The Balaban J connectivity index is 1.95. The third-order valence-electron chi connectivity index (χ3n) is 3.87. The maximum absolute atomic E-state index is 12.3. The van der Waals surface area contributed by atoms with Gasteiger partial charge in [0.15, 0.2) is 5.78 Å². The SMILES string of the molecule is CC(C)[NH+]1CCC(C(=O)c2ccccc2)CC1. The maximum Gasteiger partial charge on any atom is 0.166 e. The lowest BCUT2D eigenvalue weighted by Crippen LogP contribution is -3.16. The topological polar surface area (TPSA) is 21.5 Å². The van der Waals surface area contributed by atoms with Gasteiger partial charge in [0.05, 0.1) is 19.1 Å². The smallest absolute Gasteiger partial charge is 0.166 e. The highest BCUT2D eigenvalue weighted by Crippen LogP contribution is 2.16. The number of nitrogens with one attached hydrogen (secondary N) is 1. The Kier molecular flexibility index (Phi) is 3.95. The molecular weight excluding hydrogens is 210 g/mol. The molecule has 92 valence electrons. The number of likely N-dealkylation sites (tertiary alicyclic amines) is 1. The number of rotatable bonds is 3. The van der Waals surface area contributed by atoms with Crippen LogP contribution in [0.15, 0.2) is 30.3 Å². The van der Waals surface area contributed by atoms with E-state index < -0.39 is 0 Å². The first-order valence-electron chi connectivity index (χ1n) is 6.62. The zero-order valence-electron chi connectivity index (χ0n) is 10.8. The van der Waals surface area contributed by atoms with Gasteiger partial charge in [-0.25, -0.2) is 0 Å². The standard InChI is InChI=1S/C15H21NO/c1-12(2)16-10-8-14(9-11-16)15(17)13-6-4-3-5-7-13/h3-7,12,14H,8-11H2,1-2H3/p+1. The van der Waals surface area contributed by atoms with Crippen molar-refractivity contribution in [1.82, 2.24) is 0 Å². The van der Waals surface area contributed by atoms with E-state index in [2.05, 4.69) is 13.8 Å². The summed E-state index contributed by atoms with van der Waals surface area (Å²) in [5.74, 6) is 0.591. The Morgan fingerprint density at radius 3 is 2.29 bits per heavy atom. The van der Waals surface area contributed by atoms with Gasteiger partial charge in [0, 0.05) is 24.3 Å². The van der Waals surface area contributed by atoms with Gasteiger partial charge in [-0.3, -0.25) is 4.79 Å². The first-order valence-corrected chi connectivity index (χ1v) is 6.62. The van der Waals surface area contributed by atoms with Gasteiger partial charge >= 0.3 is 0 Å². The number of carbonyl (C=O) groups is 1. The van der Waals surface area contributed by atoms with E-state index in [0.29, 0.717) is 11.8 Å². The quantitative estimate of drug-likeness (QED) is 0.785. The summed E-state index contributed by atoms with van der Waals surface area (Å²) in [5, 5.41) is 0. The van der Waals surface area contributed by atoms with Gasteiger partial charge in [-0.1, -0.05) is 30.3 Å². The van der Waals surface area contributed by atoms with E-state index in [9.17, 15) is 4.79 Å². The lowest BCUT2D eigenvalue weighted by Gasteiger charge is -2.31. The number of hydrogen-bond acceptors (Lipinski definition) is 1. The lowest BCUT2D eigenvalue weighted by atomic mass is 9.88. The number of quaternary nitrogens is 1. The zero-order valence-corrected chi connectivity index (χ0v) is 10.8. The van der Waals surface area contributed by atoms with Crippen LogP contribution in [0.4, 0.5) is 0 Å². The number of benzene rings is 1. The van der Waals surface area contributed by atoms with Crippen molar-refractivity contribution in [1.29, 1.82) is 0 Å². The van der Waals surface area contributed by atoms with Crippen LogP contribution in [0.3, 0.4) is 0 Å². The first-order chi connectivity index (χ1) is 8.18. The highest BCUT2D eigenvalue weighted by atomic mass is 16.1. The second-order valence-corrected chi connectivity index (χ2v) is 5.32. The summed E-state index contributed by atoms with van der Waals surface area (Å²) >= 11 is 0. The van der Waals surface area contributed by atoms with E-state index in [1.807, 2.05) is 30.3 Å². The van der Waals surface area contributed by atoms with E-state index in [0.717, 1.165) is 31.5 Å². The molecule has 1 saturated heterocycles. The summed E-state index contributed by atoms with van der Waals surface area (Å²) in [5.41, 5.74) is 0.880. The molecule has 1 fully saturated rings. The van der Waals surface area contributed by atoms with Crippen molar-refractivity contribution in [2.45, 2.75) is 32.7 Å². The highest BCUT2D eigenvalue weighted by Gasteiger charge is 2.28. The van der Waals surface area contributed by atoms with Crippen molar-refractivity contribution in [2.75, 3.05) is 13.1 Å². The van der Waals surface area contributed by atoms with Crippen LogP contribution in [-0.4, -0.2) is 24.9 Å². The molecule has 0 aliphatic carbocycles. The molecule has 2 heteroatoms. The van der Waals surface area contributed by atoms with Gasteiger partial charge < -0.3 is 4.90 Å². The summed E-state index contributed by atoms with van der Waals surface area (Å²) in [6.07, 6.45) is 2.09. The summed E-state index contributed by atoms with van der Waals surface area (Å²) < 4.78 is 0. The molecule has 0 amide bonds. The van der Waals surface area contributed by atoms with Crippen LogP contribution in [0.25, 0.3) is 0 Å². The van der Waals surface area contributed by atoms with Crippen molar-refractivity contribution in [3.05, 3.63) is 35.9 Å². The van der Waals surface area contributed by atoms with Crippen LogP contribution >= 0.6 is 0 Å². The summed E-state index contributed by atoms with van der Waals surface area (Å²) in [4.78, 5) is 13.9. The summed E-state index contributed by atoms with van der Waals surface area (Å²) in [6, 6.07) is 10.4. The van der Waals surface area contributed by atoms with Crippen LogP contribution < -0.4 is 4.90 Å². The third-order valence-corrected chi connectivity index (χ3v) is 3.87. The molecule has 17 heavy (non-hydrogen) atoms. The average molecular weight is 232 g/mol. The van der Waals surface area contributed by atoms with Crippen molar-refractivity contribution in [2.24, 2.45) is 5.92 Å². The minimum absolute atomic E-state index is 0.250. The molecule has 0 spiro atoms. The minimum Gasteiger partial charge on any atom is -0.333 e. The molecule has 2 nitrogen and oxygen atoms in total. The van der Waals surface area contributed by atoms with Gasteiger partial charge in [0.2, 0.25) is 0 Å². The molecule has 1 aliphatic heterocycles. The molecule has 0 atom stereocenters. The van der Waals surface area contributed by atoms with E-state index in [1.54, 1.807) is 4.90 Å². The minimum atomic E-state index is 0.250. The summed E-state index contributed by atoms with van der Waals surface area (Å²) in [7, 11) is 0. The molecule has 1 heterocycles. The molecule has 1 aliphatic rings. The molecule has 1 aromatic carbocycles. The predicted molar refractivity (Wildman–Crippen MR) is 69.3 cm³/mol. The largest absolute Gasteiger partial charge is 0.333 e. The highest BCUT2D eigenvalue weighted by molar-refractivity contribution is 5.97. The molecule has 1 N–H and O–H groups in total. The number of hydrogen-bond donors (Lipinski definition) is 1. The molecule has 0 bridgehead atoms. The van der Waals surface area contributed by atoms with Crippen LogP contribution in [0.5, 0.6) is 0 Å². The van der Waals surface area contributed by atoms with Gasteiger partial charge in [-0.05, 0) is 13.8 Å². The van der Waals surface area contributed by atoms with Gasteiger partial charge in [0.25, 0.3) is 0 Å². The number of piperidine rings is 1. The Bertz CT molecular complexity index is 364. The van der Waals surface area contributed by atoms with Crippen LogP contribution in [0, 0.1) is 5.92 Å². The van der Waals surface area contributed by atoms with Gasteiger partial charge in [-0.15, -0.1) is 0 Å². The Hall–Kier alpha value is -1.15. The maximum atomic E-state index is 12.3. The van der Waals surface area contributed by atoms with E-state index >= 15 is 0 Å². The fourth-order valence-corrected chi connectivity index (χ4v) is 2.67. The van der Waals surface area contributed by atoms with E-state index in [-0.39, 0.29) is 5.92 Å². The van der Waals surface area contributed by atoms with Crippen molar-refractivity contribution in [3.8, 4) is 0 Å². The Morgan fingerprint density at radius 1 is 1.18 bits per heavy atom. The second-order valence-electron chi connectivity index (χ2n) is 5.32. The average Bonchev–Trinajstić information content (AvgIpc) is 2.39. The van der Waals surface area contributed by atoms with Crippen molar-refractivity contribution >= 4 is 5.78 Å². The Morgan fingerprint density at radius 2 is 1.76 bits per heavy atom. The molecule has 0 radical (unpaired) electrons. The normalized spacial score (nSPS) is 24.9. The number of Topliss-reactive ketones (excluding diaryl/α,β-unsaturated/α-hetero) is 1. The molecule has 0 saturated carbocycles. The van der Waals surface area contributed by atoms with Crippen LogP contribution in [0.1, 0.15) is 37.0 Å². The monoisotopic (exact) mass is 232 g/mol. The first kappa shape index (κ1) is 12.3. The van der Waals surface area contributed by atoms with E-state index in [4.69, 9.17) is 0 Å². The molecule has 1 aromatic rings. The summed E-state index contributed by atoms with van der Waals surface area (Å²) in [6.45, 7) is 6.80. The molecule has 2 rings (SSSR count). The second kappa shape index (κ2) is 5.46. The predicted octanol–water partition coefficient (Wildman–Crippen LogP) is 1.57. The fourth-order valence-electron chi connectivity index (χ4n) is 2.67. The number of ketones is 1. The fraction of sp³-hybridized carbons (Fsp3) is 0.533. The Labute approximate surface area is 104 Å². The zero-order chi connectivity index (χ0) is 12.3.